The Morgan fingerprint density at radius 1 is 1.31 bits per heavy atom. The standard InChI is InChI=1S/C11H16IN/c1-4-10-6-9(12)7-11(13-10)5-8(2)3/h6-8H,4-5H2,1-3H3. The number of hydrogen-bond acceptors (Lipinski definition) is 1. The zero-order valence-corrected chi connectivity index (χ0v) is 10.6. The second kappa shape index (κ2) is 4.94. The molecular weight excluding hydrogens is 273 g/mol. The Morgan fingerprint density at radius 3 is 2.46 bits per heavy atom. The van der Waals surface area contributed by atoms with Crippen LogP contribution < -0.4 is 0 Å². The van der Waals surface area contributed by atoms with Crippen molar-refractivity contribution in [2.24, 2.45) is 5.92 Å². The van der Waals surface area contributed by atoms with Gasteiger partial charge in [-0.25, -0.2) is 0 Å². The maximum atomic E-state index is 4.59. The second-order valence-corrected chi connectivity index (χ2v) is 4.97. The lowest BCUT2D eigenvalue weighted by atomic mass is 10.1. The van der Waals surface area contributed by atoms with Gasteiger partial charge in [0.25, 0.3) is 0 Å². The number of aryl methyl sites for hydroxylation is 1. The molecule has 0 aromatic carbocycles. The van der Waals surface area contributed by atoms with Gasteiger partial charge in [-0.3, -0.25) is 4.98 Å². The van der Waals surface area contributed by atoms with Crippen molar-refractivity contribution in [3.05, 3.63) is 27.1 Å². The Balaban J connectivity index is 2.88. The van der Waals surface area contributed by atoms with E-state index in [0.717, 1.165) is 12.8 Å². The van der Waals surface area contributed by atoms with Gasteiger partial charge in [0.2, 0.25) is 0 Å². The van der Waals surface area contributed by atoms with Crippen LogP contribution in [0.5, 0.6) is 0 Å². The summed E-state index contributed by atoms with van der Waals surface area (Å²) >= 11 is 2.36. The van der Waals surface area contributed by atoms with Crippen molar-refractivity contribution in [2.75, 3.05) is 0 Å². The summed E-state index contributed by atoms with van der Waals surface area (Å²) in [6, 6.07) is 4.34. The van der Waals surface area contributed by atoms with Crippen LogP contribution in [-0.4, -0.2) is 4.98 Å². The third-order valence-corrected chi connectivity index (χ3v) is 2.50. The van der Waals surface area contributed by atoms with Gasteiger partial charge in [0, 0.05) is 15.0 Å². The maximum Gasteiger partial charge on any atom is 0.0420 e. The van der Waals surface area contributed by atoms with Crippen LogP contribution in [-0.2, 0) is 12.8 Å². The number of halogens is 1. The molecule has 0 amide bonds. The summed E-state index contributed by atoms with van der Waals surface area (Å²) in [6.07, 6.45) is 2.12. The average molecular weight is 289 g/mol. The fraction of sp³-hybridized carbons (Fsp3) is 0.545. The quantitative estimate of drug-likeness (QED) is 0.777. The molecule has 0 aliphatic heterocycles. The van der Waals surface area contributed by atoms with E-state index in [1.54, 1.807) is 0 Å². The predicted molar refractivity (Wildman–Crippen MR) is 64.9 cm³/mol. The van der Waals surface area contributed by atoms with E-state index in [-0.39, 0.29) is 0 Å². The van der Waals surface area contributed by atoms with Crippen molar-refractivity contribution in [1.82, 2.24) is 4.98 Å². The molecule has 1 heterocycles. The van der Waals surface area contributed by atoms with Gasteiger partial charge in [-0.1, -0.05) is 20.8 Å². The van der Waals surface area contributed by atoms with Crippen LogP contribution in [0.15, 0.2) is 12.1 Å². The summed E-state index contributed by atoms with van der Waals surface area (Å²) in [5.41, 5.74) is 2.45. The average Bonchev–Trinajstić information content (AvgIpc) is 2.01. The highest BCUT2D eigenvalue weighted by molar-refractivity contribution is 14.1. The normalized spacial score (nSPS) is 10.8. The minimum atomic E-state index is 0.690. The van der Waals surface area contributed by atoms with Crippen LogP contribution in [0.25, 0.3) is 0 Å². The molecule has 0 unspecified atom stereocenters. The molecule has 0 saturated carbocycles. The van der Waals surface area contributed by atoms with Crippen molar-refractivity contribution in [2.45, 2.75) is 33.6 Å². The van der Waals surface area contributed by atoms with Gasteiger partial charge in [0.15, 0.2) is 0 Å². The number of rotatable bonds is 3. The zero-order chi connectivity index (χ0) is 9.84. The lowest BCUT2D eigenvalue weighted by Gasteiger charge is -2.06. The molecule has 0 fully saturated rings. The highest BCUT2D eigenvalue weighted by Gasteiger charge is 2.02. The van der Waals surface area contributed by atoms with E-state index in [9.17, 15) is 0 Å². The van der Waals surface area contributed by atoms with Crippen molar-refractivity contribution in [3.8, 4) is 0 Å². The van der Waals surface area contributed by atoms with Crippen molar-refractivity contribution < 1.29 is 0 Å². The van der Waals surface area contributed by atoms with Crippen LogP contribution in [0, 0.1) is 9.49 Å². The highest BCUT2D eigenvalue weighted by Crippen LogP contribution is 2.12. The fourth-order valence-corrected chi connectivity index (χ4v) is 2.03. The maximum absolute atomic E-state index is 4.59. The number of nitrogens with zero attached hydrogens (tertiary/aromatic N) is 1. The highest BCUT2D eigenvalue weighted by atomic mass is 127. The molecule has 1 aromatic heterocycles. The first-order valence-corrected chi connectivity index (χ1v) is 5.85. The summed E-state index contributed by atoms with van der Waals surface area (Å²) in [5, 5.41) is 0. The van der Waals surface area contributed by atoms with Gasteiger partial charge in [-0.15, -0.1) is 0 Å². The van der Waals surface area contributed by atoms with Gasteiger partial charge in [0.1, 0.15) is 0 Å². The van der Waals surface area contributed by atoms with Gasteiger partial charge >= 0.3 is 0 Å². The first-order chi connectivity index (χ1) is 6.11. The van der Waals surface area contributed by atoms with Crippen molar-refractivity contribution in [3.63, 3.8) is 0 Å². The first kappa shape index (κ1) is 11.0. The topological polar surface area (TPSA) is 12.9 Å². The molecule has 0 N–H and O–H groups in total. The number of pyridine rings is 1. The van der Waals surface area contributed by atoms with Crippen molar-refractivity contribution in [1.29, 1.82) is 0 Å². The predicted octanol–water partition coefficient (Wildman–Crippen LogP) is 3.45. The van der Waals surface area contributed by atoms with E-state index in [2.05, 4.69) is 60.5 Å². The summed E-state index contributed by atoms with van der Waals surface area (Å²) in [5.74, 6) is 0.690. The second-order valence-electron chi connectivity index (χ2n) is 3.72. The molecule has 1 nitrogen and oxygen atoms in total. The van der Waals surface area contributed by atoms with Gasteiger partial charge in [-0.2, -0.15) is 0 Å². The van der Waals surface area contributed by atoms with E-state index in [0.29, 0.717) is 5.92 Å². The Hall–Kier alpha value is -0.120. The van der Waals surface area contributed by atoms with Crippen LogP contribution >= 0.6 is 22.6 Å². The molecular formula is C11H16IN. The molecule has 0 radical (unpaired) electrons. The lowest BCUT2D eigenvalue weighted by molar-refractivity contribution is 0.632. The summed E-state index contributed by atoms with van der Waals surface area (Å²) < 4.78 is 1.31. The molecule has 0 spiro atoms. The Morgan fingerprint density at radius 2 is 1.92 bits per heavy atom. The van der Waals surface area contributed by atoms with E-state index in [4.69, 9.17) is 0 Å². The van der Waals surface area contributed by atoms with Crippen LogP contribution in [0.3, 0.4) is 0 Å². The summed E-state index contributed by atoms with van der Waals surface area (Å²) in [6.45, 7) is 6.61. The Labute approximate surface area is 94.1 Å². The molecule has 1 aromatic rings. The Kier molecular flexibility index (Phi) is 4.16. The molecule has 0 bridgehead atoms. The third kappa shape index (κ3) is 3.63. The summed E-state index contributed by atoms with van der Waals surface area (Å²) in [4.78, 5) is 4.59. The van der Waals surface area contributed by atoms with E-state index >= 15 is 0 Å². The van der Waals surface area contributed by atoms with Crippen LogP contribution in [0.4, 0.5) is 0 Å². The largest absolute Gasteiger partial charge is 0.258 e. The number of hydrogen-bond donors (Lipinski definition) is 0. The first-order valence-electron chi connectivity index (χ1n) is 4.77. The molecule has 0 atom stereocenters. The fourth-order valence-electron chi connectivity index (χ4n) is 1.31. The smallest absolute Gasteiger partial charge is 0.0420 e. The molecule has 1 rings (SSSR count). The van der Waals surface area contributed by atoms with Crippen LogP contribution in [0.2, 0.25) is 0 Å². The molecule has 2 heteroatoms. The monoisotopic (exact) mass is 289 g/mol. The molecule has 0 saturated heterocycles. The van der Waals surface area contributed by atoms with Gasteiger partial charge in [0.05, 0.1) is 0 Å². The third-order valence-electron chi connectivity index (χ3n) is 1.88. The summed E-state index contributed by atoms with van der Waals surface area (Å²) in [7, 11) is 0. The molecule has 0 aliphatic carbocycles. The molecule has 13 heavy (non-hydrogen) atoms. The minimum Gasteiger partial charge on any atom is -0.258 e. The Bertz CT molecular complexity index is 281. The van der Waals surface area contributed by atoms with Crippen molar-refractivity contribution >= 4 is 22.6 Å². The van der Waals surface area contributed by atoms with Crippen LogP contribution in [0.1, 0.15) is 32.2 Å². The van der Waals surface area contributed by atoms with E-state index in [1.807, 2.05) is 0 Å². The SMILES string of the molecule is CCc1cc(I)cc(CC(C)C)n1. The molecule has 0 aliphatic rings. The van der Waals surface area contributed by atoms with E-state index in [1.165, 1.54) is 15.0 Å². The van der Waals surface area contributed by atoms with Gasteiger partial charge in [-0.05, 0) is 53.5 Å². The lowest BCUT2D eigenvalue weighted by Crippen LogP contribution is -2.00. The van der Waals surface area contributed by atoms with Gasteiger partial charge < -0.3 is 0 Å². The number of aromatic nitrogens is 1. The van der Waals surface area contributed by atoms with E-state index < -0.39 is 0 Å². The molecule has 72 valence electrons. The minimum absolute atomic E-state index is 0.690. The zero-order valence-electron chi connectivity index (χ0n) is 8.47.